The number of aromatic nitrogens is 2. The van der Waals surface area contributed by atoms with Crippen molar-refractivity contribution in [3.63, 3.8) is 0 Å². The highest BCUT2D eigenvalue weighted by Gasteiger charge is 2.11. The summed E-state index contributed by atoms with van der Waals surface area (Å²) in [5, 5.41) is 3.88. The van der Waals surface area contributed by atoms with Gasteiger partial charge in [-0.25, -0.2) is 4.98 Å². The number of fused-ring (bicyclic) bond motifs is 2. The van der Waals surface area contributed by atoms with Crippen LogP contribution in [0.4, 0.5) is 16.8 Å². The van der Waals surface area contributed by atoms with E-state index in [2.05, 4.69) is 22.2 Å². The molecule has 0 amide bonds. The van der Waals surface area contributed by atoms with Gasteiger partial charge in [0.1, 0.15) is 5.52 Å². The first-order valence-electron chi connectivity index (χ1n) is 6.90. The Balaban J connectivity index is 1.74. The topological polar surface area (TPSA) is 77.0 Å². The Bertz CT molecular complexity index is 1000. The molecule has 0 aliphatic carbocycles. The van der Waals surface area contributed by atoms with E-state index in [1.807, 2.05) is 37.3 Å². The number of hydrogen-bond donors (Lipinski definition) is 2. The summed E-state index contributed by atoms with van der Waals surface area (Å²) in [5.41, 5.74) is 11.4. The maximum absolute atomic E-state index is 5.82. The van der Waals surface area contributed by atoms with Crippen LogP contribution in [0.2, 0.25) is 0 Å². The molecule has 4 rings (SSSR count). The fraction of sp³-hybridized carbons (Fsp3) is 0.125. The van der Waals surface area contributed by atoms with Gasteiger partial charge in [-0.1, -0.05) is 17.4 Å². The third kappa shape index (κ3) is 2.08. The number of nitrogen functional groups attached to an aromatic ring is 1. The second-order valence-electron chi connectivity index (χ2n) is 5.25. The van der Waals surface area contributed by atoms with Gasteiger partial charge in [-0.05, 0) is 49.2 Å². The number of aryl methyl sites for hydroxylation is 2. The Morgan fingerprint density at radius 1 is 1.09 bits per heavy atom. The van der Waals surface area contributed by atoms with Gasteiger partial charge in [0.25, 0.3) is 0 Å². The second kappa shape index (κ2) is 4.71. The third-order valence-corrected chi connectivity index (χ3v) is 4.64. The average Bonchev–Trinajstić information content (AvgIpc) is 3.06. The van der Waals surface area contributed by atoms with Crippen LogP contribution in [0.1, 0.15) is 11.1 Å². The van der Waals surface area contributed by atoms with E-state index in [0.717, 1.165) is 37.7 Å². The van der Waals surface area contributed by atoms with E-state index in [-0.39, 0.29) is 0 Å². The maximum Gasteiger partial charge on any atom is 0.302 e. The molecule has 22 heavy (non-hydrogen) atoms. The van der Waals surface area contributed by atoms with Crippen LogP contribution in [0.3, 0.4) is 0 Å². The predicted molar refractivity (Wildman–Crippen MR) is 90.8 cm³/mol. The van der Waals surface area contributed by atoms with Crippen LogP contribution in [0.5, 0.6) is 0 Å². The molecule has 110 valence electrons. The molecule has 0 bridgehead atoms. The molecule has 0 fully saturated rings. The van der Waals surface area contributed by atoms with Gasteiger partial charge in [0.2, 0.25) is 0 Å². The number of rotatable bonds is 2. The van der Waals surface area contributed by atoms with Crippen LogP contribution >= 0.6 is 11.3 Å². The summed E-state index contributed by atoms with van der Waals surface area (Å²) < 4.78 is 6.86. The monoisotopic (exact) mass is 310 g/mol. The number of nitrogens with one attached hydrogen (secondary N) is 1. The molecule has 0 atom stereocenters. The molecule has 3 N–H and O–H groups in total. The predicted octanol–water partition coefficient (Wildman–Crippen LogP) is 4.38. The fourth-order valence-corrected chi connectivity index (χ4v) is 3.27. The first-order chi connectivity index (χ1) is 10.6. The third-order valence-electron chi connectivity index (χ3n) is 3.70. The molecular weight excluding hydrogens is 296 g/mol. The molecule has 0 aliphatic rings. The lowest BCUT2D eigenvalue weighted by Gasteiger charge is -1.97. The van der Waals surface area contributed by atoms with E-state index >= 15 is 0 Å². The van der Waals surface area contributed by atoms with Crippen LogP contribution < -0.4 is 11.1 Å². The summed E-state index contributed by atoms with van der Waals surface area (Å²) in [4.78, 5) is 8.97. The lowest BCUT2D eigenvalue weighted by Crippen LogP contribution is -1.88. The quantitative estimate of drug-likeness (QED) is 0.537. The highest BCUT2D eigenvalue weighted by Crippen LogP contribution is 2.31. The van der Waals surface area contributed by atoms with E-state index in [4.69, 9.17) is 10.2 Å². The van der Waals surface area contributed by atoms with Crippen molar-refractivity contribution in [1.29, 1.82) is 0 Å². The van der Waals surface area contributed by atoms with Crippen LogP contribution in [-0.2, 0) is 0 Å². The minimum Gasteiger partial charge on any atom is -0.423 e. The Hall–Kier alpha value is -2.60. The first-order valence-corrected chi connectivity index (χ1v) is 7.71. The summed E-state index contributed by atoms with van der Waals surface area (Å²) in [6.07, 6.45) is 0. The molecule has 0 radical (unpaired) electrons. The molecular formula is C16H14N4OS. The van der Waals surface area contributed by atoms with E-state index in [0.29, 0.717) is 6.01 Å². The largest absolute Gasteiger partial charge is 0.423 e. The van der Waals surface area contributed by atoms with Crippen LogP contribution in [-0.4, -0.2) is 9.97 Å². The van der Waals surface area contributed by atoms with Crippen molar-refractivity contribution in [2.24, 2.45) is 0 Å². The van der Waals surface area contributed by atoms with Crippen molar-refractivity contribution in [2.45, 2.75) is 13.8 Å². The Kier molecular flexibility index (Phi) is 2.80. The van der Waals surface area contributed by atoms with Gasteiger partial charge >= 0.3 is 6.01 Å². The summed E-state index contributed by atoms with van der Waals surface area (Å²) >= 11 is 1.52. The summed E-state index contributed by atoms with van der Waals surface area (Å²) in [6.45, 7) is 4.09. The van der Waals surface area contributed by atoms with Crippen molar-refractivity contribution >= 4 is 49.5 Å². The molecule has 0 spiro atoms. The molecule has 6 heteroatoms. The van der Waals surface area contributed by atoms with Crippen LogP contribution in [0.15, 0.2) is 34.7 Å². The van der Waals surface area contributed by atoms with Crippen molar-refractivity contribution < 1.29 is 4.42 Å². The minimum absolute atomic E-state index is 0.454. The normalized spacial score (nSPS) is 11.4. The van der Waals surface area contributed by atoms with E-state index in [9.17, 15) is 0 Å². The zero-order valence-corrected chi connectivity index (χ0v) is 13.0. The smallest absolute Gasteiger partial charge is 0.302 e. The standard InChI is InChI=1S/C16H14N4OS/c1-8-3-5-12-14(9(8)2)21-15(18-12)20-16-19-11-6-4-10(17)7-13(11)22-16/h3-7H,17H2,1-2H3,(H,18,19,20). The van der Waals surface area contributed by atoms with Crippen molar-refractivity contribution in [3.8, 4) is 0 Å². The molecule has 2 heterocycles. The molecule has 0 unspecified atom stereocenters. The Morgan fingerprint density at radius 2 is 1.91 bits per heavy atom. The van der Waals surface area contributed by atoms with Gasteiger partial charge in [-0.15, -0.1) is 0 Å². The second-order valence-corrected chi connectivity index (χ2v) is 6.28. The minimum atomic E-state index is 0.454. The lowest BCUT2D eigenvalue weighted by atomic mass is 10.1. The maximum atomic E-state index is 5.82. The SMILES string of the molecule is Cc1ccc2nc(Nc3nc4ccc(N)cc4s3)oc2c1C. The lowest BCUT2D eigenvalue weighted by molar-refractivity contribution is 0.620. The van der Waals surface area contributed by atoms with Gasteiger partial charge in [-0.2, -0.15) is 4.98 Å². The number of oxazole rings is 1. The summed E-state index contributed by atoms with van der Waals surface area (Å²) in [7, 11) is 0. The van der Waals surface area contributed by atoms with Crippen molar-refractivity contribution in [2.75, 3.05) is 11.1 Å². The Labute approximate surface area is 130 Å². The zero-order valence-electron chi connectivity index (χ0n) is 12.2. The fourth-order valence-electron chi connectivity index (χ4n) is 2.36. The number of benzene rings is 2. The molecule has 0 aliphatic heterocycles. The number of nitrogens with zero attached hydrogens (tertiary/aromatic N) is 2. The summed E-state index contributed by atoms with van der Waals surface area (Å²) in [5.74, 6) is 0. The first kappa shape index (κ1) is 13.1. The highest BCUT2D eigenvalue weighted by atomic mass is 32.1. The number of hydrogen-bond acceptors (Lipinski definition) is 6. The van der Waals surface area contributed by atoms with Crippen LogP contribution in [0.25, 0.3) is 21.3 Å². The van der Waals surface area contributed by atoms with Gasteiger partial charge in [0, 0.05) is 5.69 Å². The summed E-state index contributed by atoms with van der Waals surface area (Å²) in [6, 6.07) is 10.1. The highest BCUT2D eigenvalue weighted by molar-refractivity contribution is 7.22. The van der Waals surface area contributed by atoms with Gasteiger partial charge in [0.05, 0.1) is 10.2 Å². The molecule has 5 nitrogen and oxygen atoms in total. The van der Waals surface area contributed by atoms with Crippen molar-refractivity contribution in [3.05, 3.63) is 41.5 Å². The number of thiazole rings is 1. The molecule has 4 aromatic rings. The number of nitrogens with two attached hydrogens (primary N) is 1. The van der Waals surface area contributed by atoms with E-state index in [1.165, 1.54) is 16.9 Å². The molecule has 0 saturated carbocycles. The van der Waals surface area contributed by atoms with Gasteiger partial charge < -0.3 is 10.2 Å². The molecule has 2 aromatic heterocycles. The molecule has 0 saturated heterocycles. The van der Waals surface area contributed by atoms with Gasteiger partial charge in [-0.3, -0.25) is 5.32 Å². The van der Waals surface area contributed by atoms with E-state index < -0.39 is 0 Å². The Morgan fingerprint density at radius 3 is 2.77 bits per heavy atom. The zero-order chi connectivity index (χ0) is 15.3. The molecule has 2 aromatic carbocycles. The number of anilines is 3. The van der Waals surface area contributed by atoms with Crippen molar-refractivity contribution in [1.82, 2.24) is 9.97 Å². The van der Waals surface area contributed by atoms with Crippen LogP contribution in [0, 0.1) is 13.8 Å². The van der Waals surface area contributed by atoms with Gasteiger partial charge in [0.15, 0.2) is 10.7 Å². The van der Waals surface area contributed by atoms with E-state index in [1.54, 1.807) is 0 Å². The average molecular weight is 310 g/mol.